The first-order valence-corrected chi connectivity index (χ1v) is 9.24. The first-order chi connectivity index (χ1) is 11.5. The second-order valence-corrected chi connectivity index (χ2v) is 6.73. The number of rotatable bonds is 10. The van der Waals surface area contributed by atoms with Crippen molar-refractivity contribution in [3.05, 3.63) is 47.6 Å². The van der Waals surface area contributed by atoms with E-state index in [1.54, 1.807) is 18.3 Å². The Bertz CT molecular complexity index is 525. The van der Waals surface area contributed by atoms with Crippen LogP contribution in [0.5, 0.6) is 5.75 Å². The molecule has 0 saturated carbocycles. The van der Waals surface area contributed by atoms with Crippen LogP contribution in [-0.2, 0) is 0 Å². The number of allylic oxidation sites excluding steroid dienone is 3. The zero-order valence-electron chi connectivity index (χ0n) is 16.4. The van der Waals surface area contributed by atoms with Gasteiger partial charge in [0.05, 0.1) is 7.11 Å². The van der Waals surface area contributed by atoms with Crippen LogP contribution in [0.3, 0.4) is 0 Å². The highest BCUT2D eigenvalue weighted by atomic mass is 16.5. The van der Waals surface area contributed by atoms with Gasteiger partial charge in [-0.15, -0.1) is 0 Å². The fourth-order valence-electron chi connectivity index (χ4n) is 2.74. The summed E-state index contributed by atoms with van der Waals surface area (Å²) in [6.07, 6.45) is 9.12. The van der Waals surface area contributed by atoms with Crippen LogP contribution in [0.25, 0.3) is 0 Å². The molecule has 0 fully saturated rings. The van der Waals surface area contributed by atoms with Gasteiger partial charge in [0, 0.05) is 11.7 Å². The Morgan fingerprint density at radius 1 is 1.08 bits per heavy atom. The van der Waals surface area contributed by atoms with Crippen molar-refractivity contribution in [2.24, 2.45) is 5.92 Å². The molecule has 2 heteroatoms. The second kappa shape index (κ2) is 11.0. The predicted molar refractivity (Wildman–Crippen MR) is 107 cm³/mol. The van der Waals surface area contributed by atoms with Crippen molar-refractivity contribution >= 4 is 5.69 Å². The normalized spacial score (nSPS) is 14.0. The molecular weight excluding hydrogens is 294 g/mol. The summed E-state index contributed by atoms with van der Waals surface area (Å²) in [7, 11) is 1.70. The molecule has 1 aromatic rings. The lowest BCUT2D eigenvalue weighted by atomic mass is 9.98. The van der Waals surface area contributed by atoms with Gasteiger partial charge in [-0.05, 0) is 62.8 Å². The Hall–Kier alpha value is -1.70. The minimum atomic E-state index is 0.441. The van der Waals surface area contributed by atoms with Gasteiger partial charge in [0.1, 0.15) is 5.75 Å². The van der Waals surface area contributed by atoms with Gasteiger partial charge >= 0.3 is 0 Å². The molecular formula is C22H35NO. The molecule has 0 radical (unpaired) electrons. The quantitative estimate of drug-likeness (QED) is 0.488. The van der Waals surface area contributed by atoms with Gasteiger partial charge in [-0.3, -0.25) is 0 Å². The van der Waals surface area contributed by atoms with E-state index in [1.165, 1.54) is 0 Å². The summed E-state index contributed by atoms with van der Waals surface area (Å²) in [5, 5.41) is 3.65. The van der Waals surface area contributed by atoms with E-state index in [2.05, 4.69) is 64.2 Å². The molecule has 134 valence electrons. The van der Waals surface area contributed by atoms with Gasteiger partial charge in [-0.2, -0.15) is 0 Å². The topological polar surface area (TPSA) is 21.3 Å². The molecule has 0 saturated heterocycles. The third-order valence-electron chi connectivity index (χ3n) is 4.73. The van der Waals surface area contributed by atoms with Crippen molar-refractivity contribution in [1.29, 1.82) is 0 Å². The summed E-state index contributed by atoms with van der Waals surface area (Å²) in [5.74, 6) is 1.47. The first kappa shape index (κ1) is 20.3. The van der Waals surface area contributed by atoms with Crippen molar-refractivity contribution in [3.63, 3.8) is 0 Å². The highest BCUT2D eigenvalue weighted by Gasteiger charge is 2.11. The summed E-state index contributed by atoms with van der Waals surface area (Å²) in [6.45, 7) is 11.3. The Balaban J connectivity index is 2.61. The lowest BCUT2D eigenvalue weighted by Crippen LogP contribution is -2.24. The molecule has 1 atom stereocenters. The molecule has 0 bridgehead atoms. The van der Waals surface area contributed by atoms with Gasteiger partial charge in [0.15, 0.2) is 0 Å². The van der Waals surface area contributed by atoms with Gasteiger partial charge in [-0.25, -0.2) is 0 Å². The van der Waals surface area contributed by atoms with Gasteiger partial charge in [-0.1, -0.05) is 51.0 Å². The van der Waals surface area contributed by atoms with E-state index in [0.717, 1.165) is 37.1 Å². The molecule has 1 unspecified atom stereocenters. The maximum atomic E-state index is 5.22. The van der Waals surface area contributed by atoms with E-state index in [-0.39, 0.29) is 0 Å². The van der Waals surface area contributed by atoms with Crippen molar-refractivity contribution < 1.29 is 4.74 Å². The minimum Gasteiger partial charge on any atom is -0.497 e. The molecule has 0 amide bonds. The molecule has 0 aromatic heterocycles. The molecule has 0 aliphatic carbocycles. The average molecular weight is 330 g/mol. The zero-order chi connectivity index (χ0) is 17.9. The Labute approximate surface area is 149 Å². The van der Waals surface area contributed by atoms with Crippen LogP contribution in [0.15, 0.2) is 47.6 Å². The summed E-state index contributed by atoms with van der Waals surface area (Å²) < 4.78 is 5.22. The number of hydrogen-bond acceptors (Lipinski definition) is 2. The Morgan fingerprint density at radius 2 is 1.75 bits per heavy atom. The van der Waals surface area contributed by atoms with Crippen LogP contribution in [-0.4, -0.2) is 13.2 Å². The van der Waals surface area contributed by atoms with E-state index < -0.39 is 0 Å². The van der Waals surface area contributed by atoms with Crippen molar-refractivity contribution in [2.75, 3.05) is 12.4 Å². The third kappa shape index (κ3) is 6.82. The average Bonchev–Trinajstić information content (AvgIpc) is 2.60. The molecule has 1 N–H and O–H groups in total. The number of benzene rings is 1. The molecule has 2 nitrogen and oxygen atoms in total. The highest BCUT2D eigenvalue weighted by Crippen LogP contribution is 2.20. The van der Waals surface area contributed by atoms with Crippen LogP contribution in [0.1, 0.15) is 60.3 Å². The number of nitrogens with one attached hydrogen (secondary N) is 1. The highest BCUT2D eigenvalue weighted by molar-refractivity contribution is 5.47. The monoisotopic (exact) mass is 329 g/mol. The van der Waals surface area contributed by atoms with Crippen LogP contribution >= 0.6 is 0 Å². The van der Waals surface area contributed by atoms with E-state index in [4.69, 9.17) is 4.74 Å². The minimum absolute atomic E-state index is 0.441. The Morgan fingerprint density at radius 3 is 2.25 bits per heavy atom. The van der Waals surface area contributed by atoms with Crippen LogP contribution in [0.2, 0.25) is 0 Å². The smallest absolute Gasteiger partial charge is 0.119 e. The molecule has 0 spiro atoms. The van der Waals surface area contributed by atoms with Crippen molar-refractivity contribution in [3.8, 4) is 5.75 Å². The van der Waals surface area contributed by atoms with Crippen molar-refractivity contribution in [2.45, 2.75) is 66.3 Å². The maximum Gasteiger partial charge on any atom is 0.119 e. The summed E-state index contributed by atoms with van der Waals surface area (Å²) >= 11 is 0. The lowest BCUT2D eigenvalue weighted by molar-refractivity contribution is 0.415. The first-order valence-electron chi connectivity index (χ1n) is 9.24. The molecule has 0 aliphatic heterocycles. The summed E-state index contributed by atoms with van der Waals surface area (Å²) in [4.78, 5) is 0. The fraction of sp³-hybridized carbons (Fsp3) is 0.545. The largest absolute Gasteiger partial charge is 0.497 e. The molecule has 0 aliphatic rings. The van der Waals surface area contributed by atoms with E-state index >= 15 is 0 Å². The molecule has 24 heavy (non-hydrogen) atoms. The van der Waals surface area contributed by atoms with Gasteiger partial charge in [0.25, 0.3) is 0 Å². The number of ether oxygens (including phenoxy) is 1. The van der Waals surface area contributed by atoms with Gasteiger partial charge in [0.2, 0.25) is 0 Å². The zero-order valence-corrected chi connectivity index (χ0v) is 16.4. The SMILES string of the molecule is CC/C(C)=C(\CC)C/C=C/CC(Nc1ccc(OC)cc1)C(C)C. The van der Waals surface area contributed by atoms with E-state index in [9.17, 15) is 0 Å². The number of anilines is 1. The van der Waals surface area contributed by atoms with Crippen LogP contribution in [0.4, 0.5) is 5.69 Å². The van der Waals surface area contributed by atoms with Crippen LogP contribution in [0, 0.1) is 5.92 Å². The third-order valence-corrected chi connectivity index (χ3v) is 4.73. The Kier molecular flexibility index (Phi) is 9.29. The lowest BCUT2D eigenvalue weighted by Gasteiger charge is -2.22. The predicted octanol–water partition coefficient (Wildman–Crippen LogP) is 6.60. The van der Waals surface area contributed by atoms with Crippen LogP contribution < -0.4 is 10.1 Å². The number of hydrogen-bond donors (Lipinski definition) is 1. The second-order valence-electron chi connectivity index (χ2n) is 6.73. The fourth-order valence-corrected chi connectivity index (χ4v) is 2.74. The summed E-state index contributed by atoms with van der Waals surface area (Å²) in [5.41, 5.74) is 4.27. The van der Waals surface area contributed by atoms with E-state index in [0.29, 0.717) is 12.0 Å². The van der Waals surface area contributed by atoms with Crippen molar-refractivity contribution in [1.82, 2.24) is 0 Å². The molecule has 0 heterocycles. The summed E-state index contributed by atoms with van der Waals surface area (Å²) in [6, 6.07) is 8.61. The molecule has 1 rings (SSSR count). The maximum absolute atomic E-state index is 5.22. The number of methoxy groups -OCH3 is 1. The standard InChI is InChI=1S/C22H35NO/c1-7-18(5)19(8-2)11-9-10-12-22(17(3)4)23-20-13-15-21(24-6)16-14-20/h9-10,13-17,22-23H,7-8,11-12H2,1-6H3/b10-9+,19-18+. The molecule has 1 aromatic carbocycles. The van der Waals surface area contributed by atoms with E-state index in [1.807, 2.05) is 12.1 Å². The van der Waals surface area contributed by atoms with Gasteiger partial charge < -0.3 is 10.1 Å².